The summed E-state index contributed by atoms with van der Waals surface area (Å²) in [6, 6.07) is 5.29. The van der Waals surface area contributed by atoms with Gasteiger partial charge in [0.05, 0.1) is 12.2 Å². The number of nitrogens with one attached hydrogen (secondary N) is 2. The Morgan fingerprint density at radius 2 is 2.15 bits per heavy atom. The maximum atomic E-state index is 12.1. The largest absolute Gasteiger partial charge is 0.493 e. The van der Waals surface area contributed by atoms with Gasteiger partial charge in [-0.15, -0.1) is 12.4 Å². The molecule has 1 rings (SSSR count). The van der Waals surface area contributed by atoms with Crippen molar-refractivity contribution < 1.29 is 9.53 Å². The Kier molecular flexibility index (Phi) is 9.38. The highest BCUT2D eigenvalue weighted by molar-refractivity contribution is 6.31. The van der Waals surface area contributed by atoms with Gasteiger partial charge in [0.2, 0.25) is 0 Å². The molecule has 1 atom stereocenters. The molecular weight excluding hydrogens is 299 g/mol. The van der Waals surface area contributed by atoms with Crippen molar-refractivity contribution in [3.05, 3.63) is 28.8 Å². The zero-order chi connectivity index (χ0) is 14.3. The lowest BCUT2D eigenvalue weighted by molar-refractivity contribution is 0.0946. The number of halogens is 2. The van der Waals surface area contributed by atoms with Gasteiger partial charge < -0.3 is 15.4 Å². The van der Waals surface area contributed by atoms with Crippen molar-refractivity contribution in [2.45, 2.75) is 26.3 Å². The summed E-state index contributed by atoms with van der Waals surface area (Å²) in [6.45, 7) is 5.14. The van der Waals surface area contributed by atoms with Crippen molar-refractivity contribution in [1.29, 1.82) is 0 Å². The first-order valence-corrected chi connectivity index (χ1v) is 6.84. The van der Waals surface area contributed by atoms with E-state index in [1.807, 2.05) is 20.9 Å². The molecule has 114 valence electrons. The molecule has 0 saturated heterocycles. The fourth-order valence-electron chi connectivity index (χ4n) is 1.46. The third kappa shape index (κ3) is 5.99. The molecule has 0 aliphatic heterocycles. The van der Waals surface area contributed by atoms with Crippen LogP contribution in [0.3, 0.4) is 0 Å². The van der Waals surface area contributed by atoms with E-state index in [1.54, 1.807) is 18.2 Å². The maximum Gasteiger partial charge on any atom is 0.255 e. The van der Waals surface area contributed by atoms with E-state index >= 15 is 0 Å². The summed E-state index contributed by atoms with van der Waals surface area (Å²) in [4.78, 5) is 12.1. The van der Waals surface area contributed by atoms with Crippen molar-refractivity contribution in [2.24, 2.45) is 0 Å². The highest BCUT2D eigenvalue weighted by Gasteiger charge is 2.13. The monoisotopic (exact) mass is 320 g/mol. The summed E-state index contributed by atoms with van der Waals surface area (Å²) >= 11 is 5.94. The first-order chi connectivity index (χ1) is 9.08. The number of carbonyl (C=O) groups excluding carboxylic acids is 1. The standard InChI is InChI=1S/C14H21ClN2O2.ClH/c1-4-7-19-13-6-5-11(15)8-12(13)14(18)17-9-10(2)16-3;/h5-6,8,10,16H,4,7,9H2,1-3H3,(H,17,18);1H. The number of rotatable bonds is 7. The molecule has 1 aromatic carbocycles. The summed E-state index contributed by atoms with van der Waals surface area (Å²) in [5, 5.41) is 6.44. The molecule has 6 heteroatoms. The molecule has 0 saturated carbocycles. The van der Waals surface area contributed by atoms with Gasteiger partial charge in [-0.25, -0.2) is 0 Å². The molecule has 0 aliphatic rings. The average Bonchev–Trinajstić information content (AvgIpc) is 2.42. The number of ether oxygens (including phenoxy) is 1. The number of hydrogen-bond acceptors (Lipinski definition) is 3. The van der Waals surface area contributed by atoms with E-state index in [2.05, 4.69) is 10.6 Å². The maximum absolute atomic E-state index is 12.1. The lowest BCUT2D eigenvalue weighted by Crippen LogP contribution is -2.37. The fraction of sp³-hybridized carbons (Fsp3) is 0.500. The minimum atomic E-state index is -0.171. The van der Waals surface area contributed by atoms with Crippen LogP contribution in [0.5, 0.6) is 5.75 Å². The summed E-state index contributed by atoms with van der Waals surface area (Å²) in [5.41, 5.74) is 0.476. The molecule has 4 nitrogen and oxygen atoms in total. The number of hydrogen-bond donors (Lipinski definition) is 2. The smallest absolute Gasteiger partial charge is 0.255 e. The Bertz CT molecular complexity index is 428. The molecule has 20 heavy (non-hydrogen) atoms. The molecule has 0 aliphatic carbocycles. The predicted molar refractivity (Wildman–Crippen MR) is 85.3 cm³/mol. The molecule has 1 aromatic rings. The Hall–Kier alpha value is -0.970. The average molecular weight is 321 g/mol. The molecule has 2 N–H and O–H groups in total. The van der Waals surface area contributed by atoms with E-state index in [9.17, 15) is 4.79 Å². The fourth-order valence-corrected chi connectivity index (χ4v) is 1.63. The van der Waals surface area contributed by atoms with Crippen LogP contribution in [0.25, 0.3) is 0 Å². The quantitative estimate of drug-likeness (QED) is 0.812. The molecule has 0 heterocycles. The molecule has 0 bridgehead atoms. The molecule has 1 amide bonds. The van der Waals surface area contributed by atoms with Crippen molar-refractivity contribution in [2.75, 3.05) is 20.2 Å². The van der Waals surface area contributed by atoms with Gasteiger partial charge in [0.25, 0.3) is 5.91 Å². The molecule has 0 spiro atoms. The van der Waals surface area contributed by atoms with Crippen LogP contribution in [0.2, 0.25) is 5.02 Å². The summed E-state index contributed by atoms with van der Waals surface area (Å²) in [7, 11) is 1.85. The molecular formula is C14H22Cl2N2O2. The van der Waals surface area contributed by atoms with Crippen LogP contribution in [0.1, 0.15) is 30.6 Å². The van der Waals surface area contributed by atoms with Gasteiger partial charge in [-0.2, -0.15) is 0 Å². The summed E-state index contributed by atoms with van der Waals surface area (Å²) in [5.74, 6) is 0.400. The second kappa shape index (κ2) is 9.86. The van der Waals surface area contributed by atoms with Crippen LogP contribution in [0.15, 0.2) is 18.2 Å². The third-order valence-electron chi connectivity index (χ3n) is 2.71. The SMILES string of the molecule is CCCOc1ccc(Cl)cc1C(=O)NCC(C)NC.Cl. The van der Waals surface area contributed by atoms with Crippen LogP contribution in [0.4, 0.5) is 0 Å². The molecule has 0 radical (unpaired) electrons. The van der Waals surface area contributed by atoms with Gasteiger partial charge in [0.15, 0.2) is 0 Å². The second-order valence-electron chi connectivity index (χ2n) is 4.39. The van der Waals surface area contributed by atoms with Gasteiger partial charge in [-0.05, 0) is 38.6 Å². The highest BCUT2D eigenvalue weighted by atomic mass is 35.5. The van der Waals surface area contributed by atoms with Gasteiger partial charge in [0, 0.05) is 17.6 Å². The molecule has 0 aromatic heterocycles. The summed E-state index contributed by atoms with van der Waals surface area (Å²) in [6.07, 6.45) is 0.889. The van der Waals surface area contributed by atoms with E-state index in [-0.39, 0.29) is 24.4 Å². The van der Waals surface area contributed by atoms with Gasteiger partial charge >= 0.3 is 0 Å². The van der Waals surface area contributed by atoms with E-state index in [1.165, 1.54) is 0 Å². The molecule has 0 fully saturated rings. The number of benzene rings is 1. The van der Waals surface area contributed by atoms with Gasteiger partial charge in [0.1, 0.15) is 5.75 Å². The van der Waals surface area contributed by atoms with Crippen LogP contribution in [0, 0.1) is 0 Å². The van der Waals surface area contributed by atoms with E-state index < -0.39 is 0 Å². The predicted octanol–water partition coefficient (Wildman–Crippen LogP) is 2.89. The van der Waals surface area contributed by atoms with Crippen LogP contribution < -0.4 is 15.4 Å². The van der Waals surface area contributed by atoms with E-state index in [4.69, 9.17) is 16.3 Å². The van der Waals surface area contributed by atoms with Crippen LogP contribution in [-0.4, -0.2) is 32.1 Å². The van der Waals surface area contributed by atoms with Crippen molar-refractivity contribution in [1.82, 2.24) is 10.6 Å². The minimum Gasteiger partial charge on any atom is -0.493 e. The lowest BCUT2D eigenvalue weighted by atomic mass is 10.2. The zero-order valence-corrected chi connectivity index (χ0v) is 13.6. The Morgan fingerprint density at radius 1 is 1.45 bits per heavy atom. The number of carbonyl (C=O) groups is 1. The van der Waals surface area contributed by atoms with Crippen molar-refractivity contribution in [3.8, 4) is 5.75 Å². The van der Waals surface area contributed by atoms with Crippen molar-refractivity contribution >= 4 is 29.9 Å². The van der Waals surface area contributed by atoms with Crippen LogP contribution >= 0.6 is 24.0 Å². The Morgan fingerprint density at radius 3 is 2.75 bits per heavy atom. The van der Waals surface area contributed by atoms with Gasteiger partial charge in [-0.1, -0.05) is 18.5 Å². The topological polar surface area (TPSA) is 50.4 Å². The number of likely N-dealkylation sites (N-methyl/N-ethyl adjacent to an activating group) is 1. The summed E-state index contributed by atoms with van der Waals surface area (Å²) < 4.78 is 5.56. The normalized spacial score (nSPS) is 11.4. The third-order valence-corrected chi connectivity index (χ3v) is 2.94. The Labute approximate surface area is 131 Å². The van der Waals surface area contributed by atoms with Gasteiger partial charge in [-0.3, -0.25) is 4.79 Å². The minimum absolute atomic E-state index is 0. The van der Waals surface area contributed by atoms with E-state index in [0.717, 1.165) is 6.42 Å². The van der Waals surface area contributed by atoms with Crippen LogP contribution in [-0.2, 0) is 0 Å². The second-order valence-corrected chi connectivity index (χ2v) is 4.83. The first-order valence-electron chi connectivity index (χ1n) is 6.46. The van der Waals surface area contributed by atoms with Crippen molar-refractivity contribution in [3.63, 3.8) is 0 Å². The Balaban J connectivity index is 0.00000361. The first kappa shape index (κ1) is 19.0. The lowest BCUT2D eigenvalue weighted by Gasteiger charge is -2.14. The molecule has 1 unspecified atom stereocenters. The number of amides is 1. The van der Waals surface area contributed by atoms with E-state index in [0.29, 0.717) is 29.5 Å². The zero-order valence-electron chi connectivity index (χ0n) is 12.0. The highest BCUT2D eigenvalue weighted by Crippen LogP contribution is 2.23.